The van der Waals surface area contributed by atoms with E-state index in [1.54, 1.807) is 0 Å². The molecule has 4 heteroatoms. The van der Waals surface area contributed by atoms with E-state index in [9.17, 15) is 4.57 Å². The second-order valence-corrected chi connectivity index (χ2v) is 5.10. The molecule has 3 nitrogen and oxygen atoms in total. The van der Waals surface area contributed by atoms with Crippen LogP contribution < -0.4 is 0 Å². The van der Waals surface area contributed by atoms with Gasteiger partial charge in [-0.3, -0.25) is 4.57 Å². The molecule has 0 aromatic rings. The molecule has 0 bridgehead atoms. The highest BCUT2D eigenvalue weighted by Gasteiger charge is 2.27. The third-order valence-corrected chi connectivity index (χ3v) is 3.75. The van der Waals surface area contributed by atoms with E-state index in [0.717, 1.165) is 0 Å². The van der Waals surface area contributed by atoms with E-state index < -0.39 is 7.60 Å². The molecule has 0 radical (unpaired) electrons. The van der Waals surface area contributed by atoms with E-state index >= 15 is 0 Å². The zero-order valence-electron chi connectivity index (χ0n) is 9.66. The van der Waals surface area contributed by atoms with Crippen LogP contribution in [0.25, 0.3) is 0 Å². The summed E-state index contributed by atoms with van der Waals surface area (Å²) in [6, 6.07) is 0. The molecule has 0 unspecified atom stereocenters. The predicted octanol–water partition coefficient (Wildman–Crippen LogP) is 3.69. The summed E-state index contributed by atoms with van der Waals surface area (Å²) in [6.07, 6.45) is 0. The molecule has 0 fully saturated rings. The summed E-state index contributed by atoms with van der Waals surface area (Å²) < 4.78 is 21.8. The van der Waals surface area contributed by atoms with Crippen LogP contribution in [0.3, 0.4) is 0 Å². The molecule has 0 aliphatic carbocycles. The molecule has 0 amide bonds. The SMILES string of the molecule is CC.CCOP(=O)(OCC)C(C)C. The minimum atomic E-state index is -2.79. The monoisotopic (exact) mass is 210 g/mol. The molecule has 0 aliphatic rings. The molecule has 0 aromatic carbocycles. The first kappa shape index (κ1) is 15.6. The first-order valence-corrected chi connectivity index (χ1v) is 6.56. The molecule has 0 saturated heterocycles. The van der Waals surface area contributed by atoms with E-state index in [-0.39, 0.29) is 5.66 Å². The Morgan fingerprint density at radius 1 is 1.08 bits per heavy atom. The van der Waals surface area contributed by atoms with Crippen molar-refractivity contribution in [2.75, 3.05) is 13.2 Å². The molecule has 0 rings (SSSR count). The Bertz CT molecular complexity index is 136. The van der Waals surface area contributed by atoms with Gasteiger partial charge in [0, 0.05) is 0 Å². The lowest BCUT2D eigenvalue weighted by molar-refractivity contribution is 0.214. The number of rotatable bonds is 5. The van der Waals surface area contributed by atoms with Gasteiger partial charge in [-0.1, -0.05) is 27.7 Å². The minimum absolute atomic E-state index is 0.0533. The lowest BCUT2D eigenvalue weighted by atomic mass is 10.6. The van der Waals surface area contributed by atoms with Crippen molar-refractivity contribution >= 4 is 7.60 Å². The zero-order chi connectivity index (χ0) is 10.9. The zero-order valence-corrected chi connectivity index (χ0v) is 10.6. The lowest BCUT2D eigenvalue weighted by Crippen LogP contribution is -2.05. The van der Waals surface area contributed by atoms with Crippen molar-refractivity contribution in [1.82, 2.24) is 0 Å². The van der Waals surface area contributed by atoms with Crippen LogP contribution in [0.1, 0.15) is 41.5 Å². The number of hydrogen-bond acceptors (Lipinski definition) is 3. The number of hydrogen-bond donors (Lipinski definition) is 0. The Balaban J connectivity index is 0. The second kappa shape index (κ2) is 8.74. The van der Waals surface area contributed by atoms with Crippen molar-refractivity contribution in [2.45, 2.75) is 47.2 Å². The molecule has 13 heavy (non-hydrogen) atoms. The fraction of sp³-hybridized carbons (Fsp3) is 1.00. The summed E-state index contributed by atoms with van der Waals surface area (Å²) >= 11 is 0. The van der Waals surface area contributed by atoms with Crippen LogP contribution in [0, 0.1) is 0 Å². The molecule has 0 atom stereocenters. The normalized spacial score (nSPS) is 11.0. The van der Waals surface area contributed by atoms with Crippen molar-refractivity contribution in [1.29, 1.82) is 0 Å². The van der Waals surface area contributed by atoms with Crippen molar-refractivity contribution in [2.24, 2.45) is 0 Å². The second-order valence-electron chi connectivity index (χ2n) is 2.47. The van der Waals surface area contributed by atoms with Crippen LogP contribution in [0.15, 0.2) is 0 Å². The standard InChI is InChI=1S/C7H17O3P.C2H6/c1-5-9-11(8,7(3)4)10-6-2;1-2/h7H,5-6H2,1-4H3;1-2H3. The minimum Gasteiger partial charge on any atom is -0.309 e. The highest BCUT2D eigenvalue weighted by molar-refractivity contribution is 7.54. The average molecular weight is 210 g/mol. The molecular weight excluding hydrogens is 187 g/mol. The molecule has 82 valence electrons. The van der Waals surface area contributed by atoms with Crippen molar-refractivity contribution < 1.29 is 13.6 Å². The third-order valence-electron chi connectivity index (χ3n) is 1.25. The van der Waals surface area contributed by atoms with Crippen molar-refractivity contribution in [3.63, 3.8) is 0 Å². The van der Waals surface area contributed by atoms with Gasteiger partial charge in [0.1, 0.15) is 0 Å². The maximum absolute atomic E-state index is 11.7. The highest BCUT2D eigenvalue weighted by Crippen LogP contribution is 2.52. The molecule has 0 aliphatic heterocycles. The van der Waals surface area contributed by atoms with Gasteiger partial charge in [0.25, 0.3) is 0 Å². The van der Waals surface area contributed by atoms with E-state index in [0.29, 0.717) is 13.2 Å². The van der Waals surface area contributed by atoms with E-state index in [4.69, 9.17) is 9.05 Å². The largest absolute Gasteiger partial charge is 0.333 e. The summed E-state index contributed by atoms with van der Waals surface area (Å²) in [4.78, 5) is 0. The van der Waals surface area contributed by atoms with Crippen LogP contribution in [-0.4, -0.2) is 18.9 Å². The van der Waals surface area contributed by atoms with E-state index in [1.165, 1.54) is 0 Å². The third kappa shape index (κ3) is 6.25. The van der Waals surface area contributed by atoms with E-state index in [2.05, 4.69) is 0 Å². The molecule has 0 saturated carbocycles. The maximum Gasteiger partial charge on any atom is 0.333 e. The average Bonchev–Trinajstić information content (AvgIpc) is 2.08. The quantitative estimate of drug-likeness (QED) is 0.649. The van der Waals surface area contributed by atoms with Gasteiger partial charge in [-0.15, -0.1) is 0 Å². The van der Waals surface area contributed by atoms with Gasteiger partial charge in [0.2, 0.25) is 0 Å². The van der Waals surface area contributed by atoms with Crippen LogP contribution in [0.4, 0.5) is 0 Å². The van der Waals surface area contributed by atoms with E-state index in [1.807, 2.05) is 41.5 Å². The van der Waals surface area contributed by atoms with Crippen molar-refractivity contribution in [3.05, 3.63) is 0 Å². The van der Waals surface area contributed by atoms with Gasteiger partial charge >= 0.3 is 7.60 Å². The Hall–Kier alpha value is 0.150. The molecule has 0 heterocycles. The Morgan fingerprint density at radius 2 is 1.38 bits per heavy atom. The first-order valence-electron chi connectivity index (χ1n) is 4.95. The molecular formula is C9H23O3P. The van der Waals surface area contributed by atoms with Gasteiger partial charge in [-0.05, 0) is 13.8 Å². The Morgan fingerprint density at radius 3 is 1.54 bits per heavy atom. The molecule has 0 N–H and O–H groups in total. The summed E-state index contributed by atoms with van der Waals surface area (Å²) in [5.41, 5.74) is -0.0533. The van der Waals surface area contributed by atoms with Gasteiger partial charge < -0.3 is 9.05 Å². The van der Waals surface area contributed by atoms with Gasteiger partial charge in [0.05, 0.1) is 18.9 Å². The predicted molar refractivity (Wildman–Crippen MR) is 57.3 cm³/mol. The Labute approximate surface area is 82.4 Å². The lowest BCUT2D eigenvalue weighted by Gasteiger charge is -2.19. The van der Waals surface area contributed by atoms with Gasteiger partial charge in [-0.25, -0.2) is 0 Å². The fourth-order valence-electron chi connectivity index (χ4n) is 0.695. The van der Waals surface area contributed by atoms with Crippen LogP contribution >= 0.6 is 7.60 Å². The summed E-state index contributed by atoms with van der Waals surface area (Å²) in [7, 11) is -2.79. The van der Waals surface area contributed by atoms with Gasteiger partial charge in [-0.2, -0.15) is 0 Å². The van der Waals surface area contributed by atoms with Crippen LogP contribution in [0.2, 0.25) is 0 Å². The highest BCUT2D eigenvalue weighted by atomic mass is 31.2. The van der Waals surface area contributed by atoms with Crippen LogP contribution in [-0.2, 0) is 13.6 Å². The summed E-state index contributed by atoms with van der Waals surface area (Å²) in [5.74, 6) is 0. The smallest absolute Gasteiger partial charge is 0.309 e. The first-order chi connectivity index (χ1) is 6.06. The van der Waals surface area contributed by atoms with Crippen LogP contribution in [0.5, 0.6) is 0 Å². The maximum atomic E-state index is 11.7. The summed E-state index contributed by atoms with van der Waals surface area (Å²) in [6.45, 7) is 12.2. The summed E-state index contributed by atoms with van der Waals surface area (Å²) in [5, 5.41) is 0. The van der Waals surface area contributed by atoms with Crippen molar-refractivity contribution in [3.8, 4) is 0 Å². The fourth-order valence-corrected chi connectivity index (χ4v) is 2.09. The molecule has 0 aromatic heterocycles. The van der Waals surface area contributed by atoms with Gasteiger partial charge in [0.15, 0.2) is 0 Å². The molecule has 0 spiro atoms. The Kier molecular flexibility index (Phi) is 10.5. The topological polar surface area (TPSA) is 35.5 Å².